The van der Waals surface area contributed by atoms with E-state index in [0.717, 1.165) is 11.4 Å². The first-order valence-electron chi connectivity index (χ1n) is 4.91. The normalized spacial score (nSPS) is 9.44. The van der Waals surface area contributed by atoms with Gasteiger partial charge in [0.2, 0.25) is 0 Å². The molecule has 2 rings (SSSR count). The van der Waals surface area contributed by atoms with Crippen molar-refractivity contribution in [3.8, 4) is 6.07 Å². The molecule has 3 nitrogen and oxygen atoms in total. The van der Waals surface area contributed by atoms with Crippen LogP contribution in [0.15, 0.2) is 48.5 Å². The summed E-state index contributed by atoms with van der Waals surface area (Å²) in [5, 5.41) is 12.0. The molecule has 0 aliphatic heterocycles. The van der Waals surface area contributed by atoms with Gasteiger partial charge in [0.1, 0.15) is 0 Å². The van der Waals surface area contributed by atoms with Gasteiger partial charge in [0, 0.05) is 17.1 Å². The first-order chi connectivity index (χ1) is 7.78. The van der Waals surface area contributed by atoms with Crippen molar-refractivity contribution in [1.29, 1.82) is 5.26 Å². The average Bonchev–Trinajstić information content (AvgIpc) is 2.29. The van der Waals surface area contributed by atoms with Gasteiger partial charge in [0.25, 0.3) is 0 Å². The van der Waals surface area contributed by atoms with Crippen LogP contribution in [-0.2, 0) is 0 Å². The molecule has 0 saturated heterocycles. The Kier molecular flexibility index (Phi) is 2.75. The Morgan fingerprint density at radius 3 is 2.38 bits per heavy atom. The summed E-state index contributed by atoms with van der Waals surface area (Å²) in [6, 6.07) is 16.9. The summed E-state index contributed by atoms with van der Waals surface area (Å²) in [5.41, 5.74) is 8.81. The van der Waals surface area contributed by atoms with Crippen molar-refractivity contribution in [2.45, 2.75) is 0 Å². The number of benzene rings is 2. The highest BCUT2D eigenvalue weighted by molar-refractivity contribution is 5.64. The minimum atomic E-state index is 0.633. The van der Waals surface area contributed by atoms with E-state index >= 15 is 0 Å². The van der Waals surface area contributed by atoms with Crippen LogP contribution in [0.1, 0.15) is 5.56 Å². The molecule has 2 aromatic carbocycles. The number of anilines is 3. The van der Waals surface area contributed by atoms with Gasteiger partial charge in [-0.3, -0.25) is 0 Å². The van der Waals surface area contributed by atoms with Crippen molar-refractivity contribution in [3.63, 3.8) is 0 Å². The highest BCUT2D eigenvalue weighted by Gasteiger charge is 1.96. The number of hydrogen-bond acceptors (Lipinski definition) is 3. The zero-order valence-electron chi connectivity index (χ0n) is 8.64. The quantitative estimate of drug-likeness (QED) is 0.747. The highest BCUT2D eigenvalue weighted by Crippen LogP contribution is 2.19. The largest absolute Gasteiger partial charge is 0.399 e. The summed E-state index contributed by atoms with van der Waals surface area (Å²) in [6.07, 6.45) is 0. The number of nitrogens with zero attached hydrogens (tertiary/aromatic N) is 1. The van der Waals surface area contributed by atoms with Crippen LogP contribution in [0.3, 0.4) is 0 Å². The van der Waals surface area contributed by atoms with Crippen LogP contribution in [0.2, 0.25) is 0 Å². The molecule has 3 heteroatoms. The predicted octanol–water partition coefficient (Wildman–Crippen LogP) is 2.88. The highest BCUT2D eigenvalue weighted by atomic mass is 14.9. The first-order valence-corrected chi connectivity index (χ1v) is 4.91. The third-order valence-electron chi connectivity index (χ3n) is 2.17. The fourth-order valence-electron chi connectivity index (χ4n) is 1.45. The fraction of sp³-hybridized carbons (Fsp3) is 0. The Balaban J connectivity index is 2.24. The molecule has 0 aliphatic rings. The topological polar surface area (TPSA) is 61.8 Å². The third-order valence-corrected chi connectivity index (χ3v) is 2.17. The van der Waals surface area contributed by atoms with E-state index in [9.17, 15) is 0 Å². The molecule has 0 unspecified atom stereocenters. The molecule has 0 bridgehead atoms. The summed E-state index contributed by atoms with van der Waals surface area (Å²) in [4.78, 5) is 0. The predicted molar refractivity (Wildman–Crippen MR) is 65.3 cm³/mol. The molecular weight excluding hydrogens is 198 g/mol. The van der Waals surface area contributed by atoms with Crippen LogP contribution in [-0.4, -0.2) is 0 Å². The van der Waals surface area contributed by atoms with Crippen LogP contribution in [0, 0.1) is 11.3 Å². The lowest BCUT2D eigenvalue weighted by atomic mass is 10.2. The summed E-state index contributed by atoms with van der Waals surface area (Å²) in [7, 11) is 0. The van der Waals surface area contributed by atoms with Crippen molar-refractivity contribution < 1.29 is 0 Å². The summed E-state index contributed by atoms with van der Waals surface area (Å²) in [5.74, 6) is 0. The molecule has 16 heavy (non-hydrogen) atoms. The van der Waals surface area contributed by atoms with Gasteiger partial charge in [-0.25, -0.2) is 0 Å². The Bertz CT molecular complexity index is 541. The Labute approximate surface area is 94.1 Å². The molecule has 0 fully saturated rings. The number of hydrogen-bond donors (Lipinski definition) is 2. The second-order valence-electron chi connectivity index (χ2n) is 3.44. The molecule has 0 radical (unpaired) electrons. The molecule has 0 heterocycles. The van der Waals surface area contributed by atoms with Gasteiger partial charge in [-0.1, -0.05) is 12.1 Å². The molecular formula is C13H11N3. The van der Waals surface area contributed by atoms with Crippen LogP contribution < -0.4 is 11.1 Å². The van der Waals surface area contributed by atoms with E-state index in [0.29, 0.717) is 11.3 Å². The van der Waals surface area contributed by atoms with Gasteiger partial charge in [-0.05, 0) is 36.4 Å². The summed E-state index contributed by atoms with van der Waals surface area (Å²) in [6.45, 7) is 0. The molecule has 0 aliphatic carbocycles. The van der Waals surface area contributed by atoms with Crippen molar-refractivity contribution >= 4 is 17.1 Å². The van der Waals surface area contributed by atoms with E-state index < -0.39 is 0 Å². The minimum Gasteiger partial charge on any atom is -0.399 e. The smallest absolute Gasteiger partial charge is 0.0992 e. The standard InChI is InChI=1S/C13H11N3/c14-9-10-3-1-5-12(7-10)16-13-6-2-4-11(15)8-13/h1-8,16H,15H2. The maximum absolute atomic E-state index is 8.77. The van der Waals surface area contributed by atoms with E-state index in [2.05, 4.69) is 11.4 Å². The van der Waals surface area contributed by atoms with Gasteiger partial charge in [0.15, 0.2) is 0 Å². The second-order valence-corrected chi connectivity index (χ2v) is 3.44. The fourth-order valence-corrected chi connectivity index (χ4v) is 1.45. The van der Waals surface area contributed by atoms with Gasteiger partial charge < -0.3 is 11.1 Å². The molecule has 3 N–H and O–H groups in total. The maximum atomic E-state index is 8.77. The van der Waals surface area contributed by atoms with E-state index in [1.54, 1.807) is 12.1 Å². The zero-order chi connectivity index (χ0) is 11.4. The van der Waals surface area contributed by atoms with Crippen molar-refractivity contribution in [2.75, 3.05) is 11.1 Å². The van der Waals surface area contributed by atoms with Crippen LogP contribution in [0.4, 0.5) is 17.1 Å². The average molecular weight is 209 g/mol. The van der Waals surface area contributed by atoms with E-state index in [1.807, 2.05) is 36.4 Å². The lowest BCUT2D eigenvalue weighted by molar-refractivity contribution is 1.47. The van der Waals surface area contributed by atoms with Gasteiger partial charge in [0.05, 0.1) is 11.6 Å². The van der Waals surface area contributed by atoms with Crippen LogP contribution in [0.25, 0.3) is 0 Å². The lowest BCUT2D eigenvalue weighted by Gasteiger charge is -2.06. The van der Waals surface area contributed by atoms with E-state index in [-0.39, 0.29) is 0 Å². The Morgan fingerprint density at radius 1 is 1.00 bits per heavy atom. The van der Waals surface area contributed by atoms with Gasteiger partial charge >= 0.3 is 0 Å². The van der Waals surface area contributed by atoms with Gasteiger partial charge in [-0.15, -0.1) is 0 Å². The van der Waals surface area contributed by atoms with Crippen molar-refractivity contribution in [1.82, 2.24) is 0 Å². The number of nitrogens with one attached hydrogen (secondary N) is 1. The molecule has 78 valence electrons. The van der Waals surface area contributed by atoms with Crippen molar-refractivity contribution in [3.05, 3.63) is 54.1 Å². The first kappa shape index (κ1) is 10.1. The van der Waals surface area contributed by atoms with Crippen LogP contribution >= 0.6 is 0 Å². The van der Waals surface area contributed by atoms with Crippen molar-refractivity contribution in [2.24, 2.45) is 0 Å². The van der Waals surface area contributed by atoms with Gasteiger partial charge in [-0.2, -0.15) is 5.26 Å². The Hall–Kier alpha value is -2.47. The number of rotatable bonds is 2. The van der Waals surface area contributed by atoms with Crippen LogP contribution in [0.5, 0.6) is 0 Å². The Morgan fingerprint density at radius 2 is 1.69 bits per heavy atom. The molecule has 0 atom stereocenters. The molecule has 0 aromatic heterocycles. The SMILES string of the molecule is N#Cc1cccc(Nc2cccc(N)c2)c1. The number of nitrogen functional groups attached to an aromatic ring is 1. The molecule has 0 saturated carbocycles. The van der Waals surface area contributed by atoms with E-state index in [4.69, 9.17) is 11.0 Å². The number of nitriles is 1. The minimum absolute atomic E-state index is 0.633. The zero-order valence-corrected chi connectivity index (χ0v) is 8.64. The molecule has 0 spiro atoms. The molecule has 0 amide bonds. The third kappa shape index (κ3) is 2.31. The lowest BCUT2D eigenvalue weighted by Crippen LogP contribution is -1.92. The molecule has 2 aromatic rings. The number of nitrogens with two attached hydrogens (primary N) is 1. The maximum Gasteiger partial charge on any atom is 0.0992 e. The summed E-state index contributed by atoms with van der Waals surface area (Å²) >= 11 is 0. The summed E-state index contributed by atoms with van der Waals surface area (Å²) < 4.78 is 0. The monoisotopic (exact) mass is 209 g/mol. The second kappa shape index (κ2) is 4.37. The van der Waals surface area contributed by atoms with E-state index in [1.165, 1.54) is 0 Å².